The number of aryl methyl sites for hydroxylation is 1. The zero-order valence-corrected chi connectivity index (χ0v) is 11.4. The molecular weight excluding hydrogens is 218 g/mol. The van der Waals surface area contributed by atoms with Crippen molar-refractivity contribution in [3.63, 3.8) is 0 Å². The van der Waals surface area contributed by atoms with E-state index in [4.69, 9.17) is 0 Å². The highest BCUT2D eigenvalue weighted by molar-refractivity contribution is 7.12. The highest BCUT2D eigenvalue weighted by Gasteiger charge is 2.21. The maximum atomic E-state index is 10.2. The molecule has 0 aromatic carbocycles. The lowest BCUT2D eigenvalue weighted by Gasteiger charge is -2.23. The molecule has 0 radical (unpaired) electrons. The standard InChI is InChI=1S/C13H23NOS/c1-4-8-14-10-13(3,15)9-12-7-6-11(5-2)16-12/h6-7,14-15H,4-5,8-10H2,1-3H3. The van der Waals surface area contributed by atoms with Gasteiger partial charge in [0, 0.05) is 22.7 Å². The van der Waals surface area contributed by atoms with E-state index >= 15 is 0 Å². The lowest BCUT2D eigenvalue weighted by Crippen LogP contribution is -2.39. The van der Waals surface area contributed by atoms with Crippen LogP contribution in [0, 0.1) is 0 Å². The monoisotopic (exact) mass is 241 g/mol. The van der Waals surface area contributed by atoms with Crippen molar-refractivity contribution >= 4 is 11.3 Å². The first-order valence-electron chi connectivity index (χ1n) is 6.08. The molecule has 3 heteroatoms. The predicted octanol–water partition coefficient (Wildman–Crippen LogP) is 2.60. The lowest BCUT2D eigenvalue weighted by atomic mass is 10.0. The Morgan fingerprint density at radius 2 is 2.00 bits per heavy atom. The van der Waals surface area contributed by atoms with Gasteiger partial charge in [0.15, 0.2) is 0 Å². The molecule has 0 fully saturated rings. The minimum Gasteiger partial charge on any atom is -0.388 e. The van der Waals surface area contributed by atoms with Gasteiger partial charge in [-0.1, -0.05) is 13.8 Å². The van der Waals surface area contributed by atoms with Gasteiger partial charge in [-0.3, -0.25) is 0 Å². The van der Waals surface area contributed by atoms with Crippen LogP contribution < -0.4 is 5.32 Å². The van der Waals surface area contributed by atoms with E-state index in [2.05, 4.69) is 31.3 Å². The molecule has 16 heavy (non-hydrogen) atoms. The van der Waals surface area contributed by atoms with Crippen LogP contribution in [0.3, 0.4) is 0 Å². The van der Waals surface area contributed by atoms with Gasteiger partial charge in [0.05, 0.1) is 5.60 Å². The van der Waals surface area contributed by atoms with Crippen molar-refractivity contribution in [2.75, 3.05) is 13.1 Å². The fourth-order valence-electron chi connectivity index (χ4n) is 1.68. The second-order valence-corrected chi connectivity index (χ2v) is 5.82. The first kappa shape index (κ1) is 13.7. The molecule has 2 N–H and O–H groups in total. The average molecular weight is 241 g/mol. The summed E-state index contributed by atoms with van der Waals surface area (Å²) >= 11 is 1.81. The smallest absolute Gasteiger partial charge is 0.0791 e. The van der Waals surface area contributed by atoms with Crippen molar-refractivity contribution in [3.05, 3.63) is 21.9 Å². The van der Waals surface area contributed by atoms with Crippen molar-refractivity contribution < 1.29 is 5.11 Å². The molecule has 1 atom stereocenters. The van der Waals surface area contributed by atoms with Crippen LogP contribution in [0.25, 0.3) is 0 Å². The summed E-state index contributed by atoms with van der Waals surface area (Å²) in [5.74, 6) is 0. The van der Waals surface area contributed by atoms with Crippen molar-refractivity contribution in [3.8, 4) is 0 Å². The Hall–Kier alpha value is -0.380. The van der Waals surface area contributed by atoms with E-state index in [0.29, 0.717) is 6.54 Å². The van der Waals surface area contributed by atoms with Crippen LogP contribution in [0.2, 0.25) is 0 Å². The summed E-state index contributed by atoms with van der Waals surface area (Å²) in [6.45, 7) is 7.84. The molecule has 1 aromatic heterocycles. The molecule has 0 bridgehead atoms. The Morgan fingerprint density at radius 3 is 2.56 bits per heavy atom. The third kappa shape index (κ3) is 4.64. The Kier molecular flexibility index (Phi) is 5.46. The molecule has 0 aliphatic heterocycles. The van der Waals surface area contributed by atoms with Gasteiger partial charge in [-0.25, -0.2) is 0 Å². The van der Waals surface area contributed by atoms with E-state index < -0.39 is 5.60 Å². The minimum absolute atomic E-state index is 0.634. The van der Waals surface area contributed by atoms with Crippen molar-refractivity contribution in [1.82, 2.24) is 5.32 Å². The van der Waals surface area contributed by atoms with Crippen molar-refractivity contribution in [2.24, 2.45) is 0 Å². The predicted molar refractivity (Wildman–Crippen MR) is 71.2 cm³/mol. The summed E-state index contributed by atoms with van der Waals surface area (Å²) in [5, 5.41) is 13.5. The maximum absolute atomic E-state index is 10.2. The first-order valence-corrected chi connectivity index (χ1v) is 6.89. The second kappa shape index (κ2) is 6.38. The first-order chi connectivity index (χ1) is 7.57. The second-order valence-electron chi connectivity index (χ2n) is 4.57. The van der Waals surface area contributed by atoms with Crippen molar-refractivity contribution in [2.45, 2.75) is 45.6 Å². The molecular formula is C13H23NOS. The summed E-state index contributed by atoms with van der Waals surface area (Å²) < 4.78 is 0. The molecule has 1 rings (SSSR count). The van der Waals surface area contributed by atoms with Gasteiger partial charge in [-0.2, -0.15) is 0 Å². The zero-order valence-electron chi connectivity index (χ0n) is 10.5. The Labute approximate surface area is 103 Å². The molecule has 1 heterocycles. The van der Waals surface area contributed by atoms with Crippen LogP contribution in [0.4, 0.5) is 0 Å². The molecule has 2 nitrogen and oxygen atoms in total. The summed E-state index contributed by atoms with van der Waals surface area (Å²) in [6, 6.07) is 4.30. The molecule has 1 unspecified atom stereocenters. The van der Waals surface area contributed by atoms with Crippen LogP contribution in [-0.4, -0.2) is 23.8 Å². The van der Waals surface area contributed by atoms with Crippen LogP contribution >= 0.6 is 11.3 Å². The fraction of sp³-hybridized carbons (Fsp3) is 0.692. The quantitative estimate of drug-likeness (QED) is 0.719. The molecule has 1 aromatic rings. The molecule has 0 aliphatic rings. The van der Waals surface area contributed by atoms with Crippen LogP contribution in [-0.2, 0) is 12.8 Å². The molecule has 0 amide bonds. The van der Waals surface area contributed by atoms with Gasteiger partial charge in [-0.05, 0) is 38.4 Å². The number of hydrogen-bond donors (Lipinski definition) is 2. The van der Waals surface area contributed by atoms with E-state index in [1.54, 1.807) is 0 Å². The van der Waals surface area contributed by atoms with Crippen molar-refractivity contribution in [1.29, 1.82) is 0 Å². The Bertz CT molecular complexity index is 307. The summed E-state index contributed by atoms with van der Waals surface area (Å²) in [4.78, 5) is 2.67. The summed E-state index contributed by atoms with van der Waals surface area (Å²) in [5.41, 5.74) is -0.634. The molecule has 0 aliphatic carbocycles. The van der Waals surface area contributed by atoms with E-state index in [0.717, 1.165) is 25.8 Å². The maximum Gasteiger partial charge on any atom is 0.0791 e. The third-order valence-corrected chi connectivity index (χ3v) is 3.78. The molecule has 92 valence electrons. The number of rotatable bonds is 7. The number of nitrogens with one attached hydrogen (secondary N) is 1. The topological polar surface area (TPSA) is 32.3 Å². The zero-order chi connectivity index (χ0) is 12.0. The van der Waals surface area contributed by atoms with Crippen LogP contribution in [0.1, 0.15) is 36.9 Å². The highest BCUT2D eigenvalue weighted by atomic mass is 32.1. The lowest BCUT2D eigenvalue weighted by molar-refractivity contribution is 0.0612. The highest BCUT2D eigenvalue weighted by Crippen LogP contribution is 2.21. The Morgan fingerprint density at radius 1 is 1.31 bits per heavy atom. The fourth-order valence-corrected chi connectivity index (χ4v) is 2.82. The van der Waals surface area contributed by atoms with E-state index in [-0.39, 0.29) is 0 Å². The number of aliphatic hydroxyl groups is 1. The van der Waals surface area contributed by atoms with Gasteiger partial charge in [-0.15, -0.1) is 11.3 Å². The van der Waals surface area contributed by atoms with Gasteiger partial charge < -0.3 is 10.4 Å². The van der Waals surface area contributed by atoms with E-state index in [1.165, 1.54) is 9.75 Å². The molecule has 0 saturated heterocycles. The Balaban J connectivity index is 2.44. The number of hydrogen-bond acceptors (Lipinski definition) is 3. The average Bonchev–Trinajstić information content (AvgIpc) is 2.65. The molecule has 0 saturated carbocycles. The normalized spacial score (nSPS) is 15.0. The van der Waals surface area contributed by atoms with Crippen LogP contribution in [0.15, 0.2) is 12.1 Å². The third-order valence-electron chi connectivity index (χ3n) is 2.55. The minimum atomic E-state index is -0.634. The summed E-state index contributed by atoms with van der Waals surface area (Å²) in [7, 11) is 0. The van der Waals surface area contributed by atoms with Gasteiger partial charge >= 0.3 is 0 Å². The van der Waals surface area contributed by atoms with E-state index in [1.807, 2.05) is 18.3 Å². The van der Waals surface area contributed by atoms with Crippen LogP contribution in [0.5, 0.6) is 0 Å². The van der Waals surface area contributed by atoms with Gasteiger partial charge in [0.2, 0.25) is 0 Å². The number of thiophene rings is 1. The van der Waals surface area contributed by atoms with Gasteiger partial charge in [0.25, 0.3) is 0 Å². The SMILES string of the molecule is CCCNCC(C)(O)Cc1ccc(CC)s1. The van der Waals surface area contributed by atoms with E-state index in [9.17, 15) is 5.11 Å². The largest absolute Gasteiger partial charge is 0.388 e. The summed E-state index contributed by atoms with van der Waals surface area (Å²) in [6.07, 6.45) is 2.93. The van der Waals surface area contributed by atoms with Gasteiger partial charge in [0.1, 0.15) is 0 Å². The molecule has 0 spiro atoms.